The zero-order valence-electron chi connectivity index (χ0n) is 21.3. The number of amides is 1. The smallest absolute Gasteiger partial charge is 0.239 e. The average Bonchev–Trinajstić information content (AvgIpc) is 2.79. The van der Waals surface area contributed by atoms with Gasteiger partial charge in [0, 0.05) is 32.7 Å². The topological polar surface area (TPSA) is 127 Å². The molecule has 0 spiro atoms. The van der Waals surface area contributed by atoms with Crippen LogP contribution >= 0.6 is 12.4 Å². The summed E-state index contributed by atoms with van der Waals surface area (Å²) < 4.78 is 16.4. The van der Waals surface area contributed by atoms with E-state index in [4.69, 9.17) is 25.2 Å². The molecule has 8 nitrogen and oxygen atoms in total. The number of carbonyl (C=O) groups is 1. The summed E-state index contributed by atoms with van der Waals surface area (Å²) in [5.41, 5.74) is 6.23. The molecule has 1 aromatic rings. The van der Waals surface area contributed by atoms with Crippen LogP contribution in [0, 0.1) is 28.6 Å². The van der Waals surface area contributed by atoms with Gasteiger partial charge < -0.3 is 30.4 Å². The Bertz CT molecular complexity index is 782. The normalized spacial score (nSPS) is 13.9. The van der Waals surface area contributed by atoms with E-state index in [1.165, 1.54) is 13.8 Å². The van der Waals surface area contributed by atoms with Gasteiger partial charge in [-0.05, 0) is 56.2 Å². The van der Waals surface area contributed by atoms with E-state index in [1.807, 2.05) is 24.3 Å². The minimum absolute atomic E-state index is 0. The lowest BCUT2D eigenvalue weighted by Gasteiger charge is -2.28. The third-order valence-electron chi connectivity index (χ3n) is 5.81. The number of nitrogens with one attached hydrogen (secondary N) is 1. The van der Waals surface area contributed by atoms with Crippen molar-refractivity contribution in [2.24, 2.45) is 23.0 Å². The first-order valence-corrected chi connectivity index (χ1v) is 11.5. The van der Waals surface area contributed by atoms with Crippen molar-refractivity contribution in [1.29, 1.82) is 5.26 Å². The number of nitrogens with zero attached hydrogens (tertiary/aromatic N) is 1. The van der Waals surface area contributed by atoms with Crippen LogP contribution in [0.1, 0.15) is 46.1 Å². The van der Waals surface area contributed by atoms with Crippen LogP contribution in [-0.2, 0) is 16.0 Å². The summed E-state index contributed by atoms with van der Waals surface area (Å²) in [6.45, 7) is 8.51. The highest BCUT2D eigenvalue weighted by Crippen LogP contribution is 2.31. The number of nitrogens with two attached hydrogens (primary N) is 1. The van der Waals surface area contributed by atoms with E-state index in [-0.39, 0.29) is 24.9 Å². The number of ether oxygens (including phenoxy) is 3. The lowest BCUT2D eigenvalue weighted by atomic mass is 9.83. The molecular weight excluding hydrogens is 458 g/mol. The van der Waals surface area contributed by atoms with E-state index in [9.17, 15) is 9.90 Å². The molecule has 0 bridgehead atoms. The minimum Gasteiger partial charge on any atom is -0.493 e. The van der Waals surface area contributed by atoms with Crippen LogP contribution in [0.15, 0.2) is 18.2 Å². The molecule has 0 unspecified atom stereocenters. The lowest BCUT2D eigenvalue weighted by molar-refractivity contribution is -0.127. The lowest BCUT2D eigenvalue weighted by Crippen LogP contribution is -2.47. The van der Waals surface area contributed by atoms with Crippen LogP contribution in [0.3, 0.4) is 0 Å². The molecule has 1 aromatic carbocycles. The summed E-state index contributed by atoms with van der Waals surface area (Å²) in [6, 6.07) is 7.35. The maximum atomic E-state index is 12.1. The van der Waals surface area contributed by atoms with Crippen molar-refractivity contribution in [1.82, 2.24) is 5.32 Å². The van der Waals surface area contributed by atoms with Crippen molar-refractivity contribution in [3.8, 4) is 17.6 Å². The summed E-state index contributed by atoms with van der Waals surface area (Å²) >= 11 is 0. The Labute approximate surface area is 210 Å². The third kappa shape index (κ3) is 10.5. The molecule has 0 aromatic heterocycles. The highest BCUT2D eigenvalue weighted by molar-refractivity contribution is 5.85. The number of nitriles is 1. The third-order valence-corrected chi connectivity index (χ3v) is 5.81. The molecule has 0 saturated carbocycles. The summed E-state index contributed by atoms with van der Waals surface area (Å²) in [5.74, 6) is 1.51. The largest absolute Gasteiger partial charge is 0.493 e. The Kier molecular flexibility index (Phi) is 14.8. The molecule has 0 saturated heterocycles. The Morgan fingerprint density at radius 2 is 1.91 bits per heavy atom. The van der Waals surface area contributed by atoms with Crippen molar-refractivity contribution in [3.63, 3.8) is 0 Å². The SMILES string of the molecule is COCCCOc1cc(C[C@@H](C[C@H](N)[C@@H](O)CNC(=O)C(C)(C)C#N)C(C)C)ccc1OC.Cl. The molecular formula is C25H42ClN3O5. The fourth-order valence-corrected chi connectivity index (χ4v) is 3.37. The Balaban J connectivity index is 0.0000109. The van der Waals surface area contributed by atoms with Gasteiger partial charge in [0.15, 0.2) is 11.5 Å². The molecule has 3 atom stereocenters. The maximum Gasteiger partial charge on any atom is 0.239 e. The van der Waals surface area contributed by atoms with Gasteiger partial charge in [0.25, 0.3) is 0 Å². The molecule has 0 radical (unpaired) electrons. The number of hydrogen-bond acceptors (Lipinski definition) is 7. The maximum absolute atomic E-state index is 12.1. The van der Waals surface area contributed by atoms with E-state index in [0.29, 0.717) is 37.1 Å². The van der Waals surface area contributed by atoms with Gasteiger partial charge in [0.05, 0.1) is 25.9 Å². The monoisotopic (exact) mass is 499 g/mol. The molecule has 34 heavy (non-hydrogen) atoms. The number of aliphatic hydroxyl groups is 1. The first kappa shape index (κ1) is 31.9. The van der Waals surface area contributed by atoms with E-state index in [2.05, 4.69) is 19.2 Å². The molecule has 1 amide bonds. The fraction of sp³-hybridized carbons (Fsp3) is 0.680. The van der Waals surface area contributed by atoms with Gasteiger partial charge in [-0.3, -0.25) is 4.79 Å². The van der Waals surface area contributed by atoms with Crippen LogP contribution in [-0.4, -0.2) is 57.1 Å². The Morgan fingerprint density at radius 3 is 2.47 bits per heavy atom. The van der Waals surface area contributed by atoms with Crippen molar-refractivity contribution in [2.45, 2.75) is 59.1 Å². The first-order chi connectivity index (χ1) is 15.5. The van der Waals surface area contributed by atoms with E-state index < -0.39 is 23.5 Å². The molecule has 0 aliphatic rings. The summed E-state index contributed by atoms with van der Waals surface area (Å²) in [4.78, 5) is 12.1. The summed E-state index contributed by atoms with van der Waals surface area (Å²) in [5, 5.41) is 22.2. The van der Waals surface area contributed by atoms with Crippen LogP contribution in [0.4, 0.5) is 0 Å². The fourth-order valence-electron chi connectivity index (χ4n) is 3.37. The molecule has 1 rings (SSSR count). The number of halogens is 1. The molecule has 9 heteroatoms. The van der Waals surface area contributed by atoms with Gasteiger partial charge in [-0.25, -0.2) is 0 Å². The Hall–Kier alpha value is -2.05. The van der Waals surface area contributed by atoms with Gasteiger partial charge in [-0.15, -0.1) is 12.4 Å². The minimum atomic E-state index is -1.15. The molecule has 194 valence electrons. The van der Waals surface area contributed by atoms with Gasteiger partial charge in [-0.1, -0.05) is 19.9 Å². The first-order valence-electron chi connectivity index (χ1n) is 11.5. The number of benzene rings is 1. The molecule has 4 N–H and O–H groups in total. The summed E-state index contributed by atoms with van der Waals surface area (Å²) in [7, 11) is 3.28. The zero-order valence-corrected chi connectivity index (χ0v) is 22.1. The quantitative estimate of drug-likeness (QED) is 0.316. The standard InChI is InChI=1S/C25H41N3O5.ClH/c1-17(2)19(14-20(27)21(29)15-28-24(30)25(3,4)16-26)12-18-8-9-22(32-6)23(13-18)33-11-7-10-31-5;/h8-9,13,17,19-21,29H,7,10-12,14-15,27H2,1-6H3,(H,28,30);1H/t19-,20-,21-;/m0./s1. The van der Waals surface area contributed by atoms with Crippen molar-refractivity contribution in [3.05, 3.63) is 23.8 Å². The van der Waals surface area contributed by atoms with Crippen molar-refractivity contribution < 1.29 is 24.1 Å². The van der Waals surface area contributed by atoms with Crippen LogP contribution in [0.25, 0.3) is 0 Å². The second-order valence-corrected chi connectivity index (χ2v) is 9.30. The highest BCUT2D eigenvalue weighted by atomic mass is 35.5. The molecule has 0 aliphatic carbocycles. The van der Waals surface area contributed by atoms with E-state index in [0.717, 1.165) is 18.4 Å². The summed E-state index contributed by atoms with van der Waals surface area (Å²) in [6.07, 6.45) is 1.24. The van der Waals surface area contributed by atoms with Crippen molar-refractivity contribution >= 4 is 18.3 Å². The van der Waals surface area contributed by atoms with Crippen molar-refractivity contribution in [2.75, 3.05) is 34.0 Å². The van der Waals surface area contributed by atoms with Gasteiger partial charge in [0.1, 0.15) is 5.41 Å². The number of methoxy groups -OCH3 is 2. The van der Waals surface area contributed by atoms with Gasteiger partial charge >= 0.3 is 0 Å². The predicted molar refractivity (Wildman–Crippen MR) is 135 cm³/mol. The zero-order chi connectivity index (χ0) is 25.0. The second-order valence-electron chi connectivity index (χ2n) is 9.30. The van der Waals surface area contributed by atoms with Gasteiger partial charge in [0.2, 0.25) is 5.91 Å². The molecule has 0 fully saturated rings. The van der Waals surface area contributed by atoms with Crippen LogP contribution < -0.4 is 20.5 Å². The predicted octanol–water partition coefficient (Wildman–Crippen LogP) is 3.09. The van der Waals surface area contributed by atoms with Gasteiger partial charge in [-0.2, -0.15) is 5.26 Å². The van der Waals surface area contributed by atoms with Crippen LogP contribution in [0.2, 0.25) is 0 Å². The van der Waals surface area contributed by atoms with E-state index >= 15 is 0 Å². The number of aliphatic hydroxyl groups excluding tert-OH is 1. The number of carbonyl (C=O) groups excluding carboxylic acids is 1. The molecule has 0 heterocycles. The number of hydrogen-bond donors (Lipinski definition) is 3. The molecule has 0 aliphatic heterocycles. The van der Waals surface area contributed by atoms with Crippen LogP contribution in [0.5, 0.6) is 11.5 Å². The second kappa shape index (κ2) is 15.8. The average molecular weight is 500 g/mol. The van der Waals surface area contributed by atoms with E-state index in [1.54, 1.807) is 14.2 Å². The number of rotatable bonds is 15. The highest BCUT2D eigenvalue weighted by Gasteiger charge is 2.29. The Morgan fingerprint density at radius 1 is 1.24 bits per heavy atom.